The van der Waals surface area contributed by atoms with Gasteiger partial charge in [-0.2, -0.15) is 10.1 Å². The molecular formula is C7H9N3OS. The summed E-state index contributed by atoms with van der Waals surface area (Å²) in [4.78, 5) is 3.80. The van der Waals surface area contributed by atoms with Crippen LogP contribution in [0.25, 0.3) is 0 Å². The molecule has 2 rings (SSSR count). The molecule has 0 aliphatic heterocycles. The van der Waals surface area contributed by atoms with Gasteiger partial charge in [-0.3, -0.25) is 5.43 Å². The average Bonchev–Trinajstić information content (AvgIpc) is 2.32. The third kappa shape index (κ3) is 1.55. The lowest BCUT2D eigenvalue weighted by molar-refractivity contribution is 0.458. The second kappa shape index (κ2) is 3.10. The molecule has 1 aromatic heterocycles. The summed E-state index contributed by atoms with van der Waals surface area (Å²) >= 11 is 1.35. The first-order chi connectivity index (χ1) is 5.84. The monoisotopic (exact) mass is 183 g/mol. The van der Waals surface area contributed by atoms with Gasteiger partial charge in [0.1, 0.15) is 0 Å². The van der Waals surface area contributed by atoms with Crippen LogP contribution in [0.2, 0.25) is 0 Å². The fourth-order valence-corrected chi connectivity index (χ4v) is 1.40. The van der Waals surface area contributed by atoms with Gasteiger partial charge in [-0.15, -0.1) is 0 Å². The van der Waals surface area contributed by atoms with Crippen molar-refractivity contribution in [1.82, 2.24) is 4.98 Å². The van der Waals surface area contributed by atoms with Crippen LogP contribution in [0, 0.1) is 0 Å². The first-order valence-corrected chi connectivity index (χ1v) is 4.68. The molecule has 2 N–H and O–H groups in total. The number of nitrogens with zero attached hydrogens (tertiary/aromatic N) is 2. The van der Waals surface area contributed by atoms with E-state index in [2.05, 4.69) is 15.5 Å². The number of aromatic hydroxyl groups is 1. The minimum atomic E-state index is 0.0521. The number of anilines is 1. The number of rotatable bonds is 2. The maximum Gasteiger partial charge on any atom is 0.223 e. The molecule has 1 aliphatic rings. The second-order valence-corrected chi connectivity index (χ2v) is 3.51. The summed E-state index contributed by atoms with van der Waals surface area (Å²) in [5.74, 6) is 0.0521. The molecule has 5 heteroatoms. The molecule has 64 valence electrons. The van der Waals surface area contributed by atoms with Gasteiger partial charge in [0.05, 0.1) is 5.38 Å². The zero-order chi connectivity index (χ0) is 8.39. The number of hydrogen-bond donors (Lipinski definition) is 2. The van der Waals surface area contributed by atoms with Crippen molar-refractivity contribution >= 4 is 22.2 Å². The van der Waals surface area contributed by atoms with Crippen LogP contribution >= 0.6 is 11.3 Å². The third-order valence-corrected chi connectivity index (χ3v) is 2.47. The molecule has 4 nitrogen and oxygen atoms in total. The number of thiazole rings is 1. The molecule has 0 saturated heterocycles. The normalized spacial score (nSPS) is 15.5. The highest BCUT2D eigenvalue weighted by atomic mass is 32.1. The van der Waals surface area contributed by atoms with E-state index in [1.54, 1.807) is 5.38 Å². The van der Waals surface area contributed by atoms with Crippen LogP contribution in [0.1, 0.15) is 19.3 Å². The molecule has 0 aromatic carbocycles. The predicted octanol–water partition coefficient (Wildman–Crippen LogP) is 1.80. The topological polar surface area (TPSA) is 57.5 Å². The molecule has 0 amide bonds. The lowest BCUT2D eigenvalue weighted by Crippen LogP contribution is -2.11. The summed E-state index contributed by atoms with van der Waals surface area (Å²) < 4.78 is 0. The highest BCUT2D eigenvalue weighted by Gasteiger charge is 2.09. The molecule has 12 heavy (non-hydrogen) atoms. The van der Waals surface area contributed by atoms with Crippen molar-refractivity contribution in [2.24, 2.45) is 5.10 Å². The molecule has 1 saturated carbocycles. The van der Waals surface area contributed by atoms with Crippen LogP contribution in [-0.2, 0) is 0 Å². The first kappa shape index (κ1) is 7.54. The van der Waals surface area contributed by atoms with Crippen LogP contribution in [0.3, 0.4) is 0 Å². The zero-order valence-corrected chi connectivity index (χ0v) is 7.27. The molecule has 1 fully saturated rings. The van der Waals surface area contributed by atoms with E-state index in [0.717, 1.165) is 12.8 Å². The predicted molar refractivity (Wildman–Crippen MR) is 48.7 cm³/mol. The van der Waals surface area contributed by atoms with Crippen LogP contribution in [0.15, 0.2) is 10.5 Å². The summed E-state index contributed by atoms with van der Waals surface area (Å²) in [5, 5.41) is 15.2. The Kier molecular flexibility index (Phi) is 1.95. The number of hydrogen-bond acceptors (Lipinski definition) is 5. The van der Waals surface area contributed by atoms with E-state index in [-0.39, 0.29) is 5.88 Å². The molecule has 1 aliphatic carbocycles. The fourth-order valence-electron chi connectivity index (χ4n) is 0.890. The van der Waals surface area contributed by atoms with E-state index >= 15 is 0 Å². The van der Waals surface area contributed by atoms with Gasteiger partial charge in [0.15, 0.2) is 0 Å². The lowest BCUT2D eigenvalue weighted by Gasteiger charge is -2.13. The van der Waals surface area contributed by atoms with Gasteiger partial charge in [-0.05, 0) is 19.3 Å². The van der Waals surface area contributed by atoms with Gasteiger partial charge < -0.3 is 5.11 Å². The maximum absolute atomic E-state index is 8.90. The van der Waals surface area contributed by atoms with Gasteiger partial charge >= 0.3 is 0 Å². The standard InChI is InChI=1S/C7H9N3OS/c11-6-4-12-7(8-6)10-9-5-2-1-3-5/h4,11H,1-3H2,(H,8,10). The summed E-state index contributed by atoms with van der Waals surface area (Å²) in [6.45, 7) is 0. The van der Waals surface area contributed by atoms with E-state index in [0.29, 0.717) is 5.13 Å². The van der Waals surface area contributed by atoms with E-state index in [4.69, 9.17) is 5.11 Å². The van der Waals surface area contributed by atoms with Crippen molar-refractivity contribution < 1.29 is 5.11 Å². The lowest BCUT2D eigenvalue weighted by atomic mass is 9.98. The van der Waals surface area contributed by atoms with Crippen molar-refractivity contribution in [3.05, 3.63) is 5.38 Å². The highest BCUT2D eigenvalue weighted by molar-refractivity contribution is 7.13. The summed E-state index contributed by atoms with van der Waals surface area (Å²) in [6, 6.07) is 0. The van der Waals surface area contributed by atoms with E-state index in [1.165, 1.54) is 23.5 Å². The molecule has 0 spiro atoms. The molecular weight excluding hydrogens is 174 g/mol. The number of hydrazone groups is 1. The van der Waals surface area contributed by atoms with Crippen LogP contribution in [0.4, 0.5) is 5.13 Å². The molecule has 1 aromatic rings. The fraction of sp³-hybridized carbons (Fsp3) is 0.429. The van der Waals surface area contributed by atoms with E-state index < -0.39 is 0 Å². The quantitative estimate of drug-likeness (QED) is 0.687. The average molecular weight is 183 g/mol. The Morgan fingerprint density at radius 1 is 1.58 bits per heavy atom. The smallest absolute Gasteiger partial charge is 0.223 e. The molecule has 0 bridgehead atoms. The van der Waals surface area contributed by atoms with Crippen LogP contribution in [-0.4, -0.2) is 15.8 Å². The Labute approximate surface area is 74.0 Å². The Morgan fingerprint density at radius 3 is 2.92 bits per heavy atom. The second-order valence-electron chi connectivity index (χ2n) is 2.65. The van der Waals surface area contributed by atoms with Gasteiger partial charge in [0.25, 0.3) is 0 Å². The van der Waals surface area contributed by atoms with Crippen LogP contribution in [0.5, 0.6) is 5.88 Å². The Balaban J connectivity index is 1.95. The van der Waals surface area contributed by atoms with Crippen molar-refractivity contribution in [2.45, 2.75) is 19.3 Å². The minimum Gasteiger partial charge on any atom is -0.493 e. The molecule has 0 atom stereocenters. The molecule has 0 unspecified atom stereocenters. The Bertz CT molecular complexity index is 301. The summed E-state index contributed by atoms with van der Waals surface area (Å²) in [6.07, 6.45) is 3.42. The minimum absolute atomic E-state index is 0.0521. The van der Waals surface area contributed by atoms with E-state index in [9.17, 15) is 0 Å². The van der Waals surface area contributed by atoms with Crippen LogP contribution < -0.4 is 5.43 Å². The Hall–Kier alpha value is -1.10. The van der Waals surface area contributed by atoms with Gasteiger partial charge in [-0.1, -0.05) is 11.3 Å². The summed E-state index contributed by atoms with van der Waals surface area (Å²) in [7, 11) is 0. The third-order valence-electron chi connectivity index (χ3n) is 1.73. The SMILES string of the molecule is Oc1csc(NN=C2CCC2)n1. The van der Waals surface area contributed by atoms with E-state index in [1.807, 2.05) is 0 Å². The van der Waals surface area contributed by atoms with Gasteiger partial charge in [-0.25, -0.2) is 0 Å². The number of aromatic nitrogens is 1. The van der Waals surface area contributed by atoms with Gasteiger partial charge in [0.2, 0.25) is 11.0 Å². The Morgan fingerprint density at radius 2 is 2.42 bits per heavy atom. The zero-order valence-electron chi connectivity index (χ0n) is 6.45. The highest BCUT2D eigenvalue weighted by Crippen LogP contribution is 2.20. The van der Waals surface area contributed by atoms with Crippen molar-refractivity contribution in [3.8, 4) is 5.88 Å². The largest absolute Gasteiger partial charge is 0.493 e. The van der Waals surface area contributed by atoms with Crippen molar-refractivity contribution in [3.63, 3.8) is 0 Å². The van der Waals surface area contributed by atoms with Gasteiger partial charge in [0, 0.05) is 5.71 Å². The summed E-state index contributed by atoms with van der Waals surface area (Å²) in [5.41, 5.74) is 3.99. The molecule has 1 heterocycles. The number of nitrogens with one attached hydrogen (secondary N) is 1. The van der Waals surface area contributed by atoms with Crippen molar-refractivity contribution in [2.75, 3.05) is 5.43 Å². The first-order valence-electron chi connectivity index (χ1n) is 3.80. The van der Waals surface area contributed by atoms with Crippen molar-refractivity contribution in [1.29, 1.82) is 0 Å². The molecule has 0 radical (unpaired) electrons. The maximum atomic E-state index is 8.90.